The zero-order chi connectivity index (χ0) is 15.1. The Bertz CT molecular complexity index is 492. The molecule has 1 aromatic carbocycles. The molecule has 3 heteroatoms. The van der Waals surface area contributed by atoms with Crippen LogP contribution in [0.4, 0.5) is 4.39 Å². The number of nitrogens with one attached hydrogen (secondary N) is 1. The van der Waals surface area contributed by atoms with Gasteiger partial charge in [-0.25, -0.2) is 4.39 Å². The molecule has 21 heavy (non-hydrogen) atoms. The Labute approximate surface area is 132 Å². The Morgan fingerprint density at radius 2 is 1.90 bits per heavy atom. The van der Waals surface area contributed by atoms with Crippen molar-refractivity contribution in [3.63, 3.8) is 0 Å². The van der Waals surface area contributed by atoms with Crippen molar-refractivity contribution in [3.8, 4) is 0 Å². The second-order valence-electron chi connectivity index (χ2n) is 7.09. The molecule has 1 aromatic rings. The van der Waals surface area contributed by atoms with E-state index < -0.39 is 0 Å². The molecule has 2 aliphatic rings. The summed E-state index contributed by atoms with van der Waals surface area (Å²) in [7, 11) is 0. The highest BCUT2D eigenvalue weighted by Crippen LogP contribution is 2.60. The van der Waals surface area contributed by atoms with Crippen LogP contribution in [0.25, 0.3) is 0 Å². The maximum atomic E-state index is 14.5. The lowest BCUT2D eigenvalue weighted by molar-refractivity contribution is 0.0106. The summed E-state index contributed by atoms with van der Waals surface area (Å²) >= 11 is 6.37. The third kappa shape index (κ3) is 2.73. The van der Waals surface area contributed by atoms with Crippen molar-refractivity contribution >= 4 is 11.6 Å². The second-order valence-corrected chi connectivity index (χ2v) is 7.50. The van der Waals surface area contributed by atoms with Crippen LogP contribution in [0, 0.1) is 11.2 Å². The molecule has 0 aliphatic heterocycles. The molecule has 0 aromatic heterocycles. The fourth-order valence-electron chi connectivity index (χ4n) is 4.16. The van der Waals surface area contributed by atoms with Crippen molar-refractivity contribution < 1.29 is 4.39 Å². The zero-order valence-electron chi connectivity index (χ0n) is 13.0. The summed E-state index contributed by atoms with van der Waals surface area (Å²) in [5.74, 6) is -0.138. The molecule has 116 valence electrons. The van der Waals surface area contributed by atoms with E-state index in [0.29, 0.717) is 16.5 Å². The maximum absolute atomic E-state index is 14.5. The third-order valence-corrected chi connectivity index (χ3v) is 6.04. The van der Waals surface area contributed by atoms with Crippen molar-refractivity contribution in [1.82, 2.24) is 5.32 Å². The average Bonchev–Trinajstić information content (AvgIpc) is 3.24. The summed E-state index contributed by atoms with van der Waals surface area (Å²) in [6.45, 7) is 5.37. The van der Waals surface area contributed by atoms with E-state index in [1.165, 1.54) is 25.7 Å². The number of benzene rings is 1. The summed E-state index contributed by atoms with van der Waals surface area (Å²) in [5.41, 5.74) is 1.01. The Morgan fingerprint density at radius 1 is 1.24 bits per heavy atom. The van der Waals surface area contributed by atoms with Gasteiger partial charge in [-0.15, -0.1) is 0 Å². The molecule has 0 saturated heterocycles. The minimum absolute atomic E-state index is 0.114. The SMILES string of the molecule is CCC1(CC)CC(CNC2CC2)(c2c(F)cccc2Cl)C1. The predicted molar refractivity (Wildman–Crippen MR) is 86.4 cm³/mol. The molecule has 0 unspecified atom stereocenters. The highest BCUT2D eigenvalue weighted by molar-refractivity contribution is 6.31. The van der Waals surface area contributed by atoms with Crippen LogP contribution < -0.4 is 5.32 Å². The molecule has 0 radical (unpaired) electrons. The summed E-state index contributed by atoms with van der Waals surface area (Å²) in [6.07, 6.45) is 6.95. The zero-order valence-corrected chi connectivity index (χ0v) is 13.8. The quantitative estimate of drug-likeness (QED) is 0.773. The van der Waals surface area contributed by atoms with Gasteiger partial charge in [0.05, 0.1) is 0 Å². The number of hydrogen-bond acceptors (Lipinski definition) is 1. The third-order valence-electron chi connectivity index (χ3n) is 5.73. The normalized spacial score (nSPS) is 22.9. The molecule has 0 amide bonds. The van der Waals surface area contributed by atoms with E-state index in [2.05, 4.69) is 19.2 Å². The van der Waals surface area contributed by atoms with Crippen LogP contribution in [0.15, 0.2) is 18.2 Å². The van der Waals surface area contributed by atoms with Gasteiger partial charge in [0.15, 0.2) is 0 Å². The number of halogens is 2. The van der Waals surface area contributed by atoms with Gasteiger partial charge in [0.25, 0.3) is 0 Å². The van der Waals surface area contributed by atoms with Gasteiger partial charge in [-0.3, -0.25) is 0 Å². The molecule has 0 bridgehead atoms. The minimum atomic E-state index is -0.138. The minimum Gasteiger partial charge on any atom is -0.313 e. The van der Waals surface area contributed by atoms with Gasteiger partial charge in [0, 0.05) is 28.6 Å². The highest BCUT2D eigenvalue weighted by Gasteiger charge is 2.55. The largest absolute Gasteiger partial charge is 0.313 e. The van der Waals surface area contributed by atoms with E-state index in [0.717, 1.165) is 24.9 Å². The average molecular weight is 310 g/mol. The molecule has 2 aliphatic carbocycles. The fraction of sp³-hybridized carbons (Fsp3) is 0.667. The molecule has 1 nitrogen and oxygen atoms in total. The number of rotatable bonds is 6. The summed E-state index contributed by atoms with van der Waals surface area (Å²) in [6, 6.07) is 5.73. The van der Waals surface area contributed by atoms with Crippen molar-refractivity contribution in [3.05, 3.63) is 34.6 Å². The van der Waals surface area contributed by atoms with Crippen molar-refractivity contribution in [2.75, 3.05) is 6.54 Å². The summed E-state index contributed by atoms with van der Waals surface area (Å²) in [4.78, 5) is 0. The van der Waals surface area contributed by atoms with Crippen LogP contribution in [0.3, 0.4) is 0 Å². The van der Waals surface area contributed by atoms with Crippen LogP contribution in [0.5, 0.6) is 0 Å². The van der Waals surface area contributed by atoms with Crippen LogP contribution >= 0.6 is 11.6 Å². The highest BCUT2D eigenvalue weighted by atomic mass is 35.5. The van der Waals surface area contributed by atoms with E-state index in [4.69, 9.17) is 11.6 Å². The van der Waals surface area contributed by atoms with Crippen LogP contribution in [0.2, 0.25) is 5.02 Å². The van der Waals surface area contributed by atoms with Crippen LogP contribution in [-0.2, 0) is 5.41 Å². The van der Waals surface area contributed by atoms with Gasteiger partial charge < -0.3 is 5.32 Å². The predicted octanol–water partition coefficient (Wildman–Crippen LogP) is 5.07. The summed E-state index contributed by atoms with van der Waals surface area (Å²) in [5, 5.41) is 4.20. The van der Waals surface area contributed by atoms with E-state index >= 15 is 0 Å². The van der Waals surface area contributed by atoms with E-state index in [9.17, 15) is 4.39 Å². The van der Waals surface area contributed by atoms with Gasteiger partial charge in [0.2, 0.25) is 0 Å². The Morgan fingerprint density at radius 3 is 2.43 bits per heavy atom. The van der Waals surface area contributed by atoms with Crippen LogP contribution in [-0.4, -0.2) is 12.6 Å². The molecular weight excluding hydrogens is 285 g/mol. The lowest BCUT2D eigenvalue weighted by Gasteiger charge is -2.57. The summed E-state index contributed by atoms with van der Waals surface area (Å²) < 4.78 is 14.5. The molecule has 1 N–H and O–H groups in total. The van der Waals surface area contributed by atoms with Gasteiger partial charge in [-0.2, -0.15) is 0 Å². The topological polar surface area (TPSA) is 12.0 Å². The van der Waals surface area contributed by atoms with E-state index in [-0.39, 0.29) is 11.2 Å². The Kier molecular flexibility index (Phi) is 4.04. The molecular formula is C18H25ClFN. The lowest BCUT2D eigenvalue weighted by atomic mass is 9.48. The molecule has 0 atom stereocenters. The van der Waals surface area contributed by atoms with Crippen molar-refractivity contribution in [1.29, 1.82) is 0 Å². The van der Waals surface area contributed by atoms with Gasteiger partial charge in [0.1, 0.15) is 5.82 Å². The monoisotopic (exact) mass is 309 g/mol. The Hall–Kier alpha value is -0.600. The van der Waals surface area contributed by atoms with Gasteiger partial charge >= 0.3 is 0 Å². The first kappa shape index (κ1) is 15.3. The molecule has 0 spiro atoms. The standard InChI is InChI=1S/C18H25ClFN/c1-3-17(4-2)10-18(11-17,12-21-13-8-9-13)16-14(19)6-5-7-15(16)20/h5-7,13,21H,3-4,8-12H2,1-2H3. The number of hydrogen-bond donors (Lipinski definition) is 1. The Balaban J connectivity index is 1.90. The second kappa shape index (κ2) is 5.55. The van der Waals surface area contributed by atoms with E-state index in [1.54, 1.807) is 12.1 Å². The molecule has 0 heterocycles. The first-order valence-corrected chi connectivity index (χ1v) is 8.60. The maximum Gasteiger partial charge on any atom is 0.128 e. The van der Waals surface area contributed by atoms with Crippen LogP contribution in [0.1, 0.15) is 57.9 Å². The van der Waals surface area contributed by atoms with Gasteiger partial charge in [-0.1, -0.05) is 44.4 Å². The fourth-order valence-corrected chi connectivity index (χ4v) is 4.52. The van der Waals surface area contributed by atoms with Crippen molar-refractivity contribution in [2.45, 2.75) is 63.8 Å². The molecule has 2 fully saturated rings. The molecule has 3 rings (SSSR count). The lowest BCUT2D eigenvalue weighted by Crippen LogP contribution is -2.55. The molecule has 2 saturated carbocycles. The van der Waals surface area contributed by atoms with Crippen molar-refractivity contribution in [2.24, 2.45) is 5.41 Å². The van der Waals surface area contributed by atoms with Gasteiger partial charge in [-0.05, 0) is 43.2 Å². The smallest absolute Gasteiger partial charge is 0.128 e. The first-order chi connectivity index (χ1) is 10.0. The van der Waals surface area contributed by atoms with E-state index in [1.807, 2.05) is 6.07 Å². The first-order valence-electron chi connectivity index (χ1n) is 8.22.